The summed E-state index contributed by atoms with van der Waals surface area (Å²) in [6.45, 7) is 6.89. The van der Waals surface area contributed by atoms with Gasteiger partial charge < -0.3 is 9.64 Å². The minimum absolute atomic E-state index is 0.117. The van der Waals surface area contributed by atoms with E-state index in [2.05, 4.69) is 42.2 Å². The van der Waals surface area contributed by atoms with E-state index in [1.807, 2.05) is 29.2 Å². The Kier molecular flexibility index (Phi) is 6.88. The molecule has 0 aliphatic carbocycles. The number of rotatable bonds is 7. The zero-order chi connectivity index (χ0) is 19.1. The normalized spacial score (nSPS) is 15.5. The van der Waals surface area contributed by atoms with Crippen molar-refractivity contribution in [1.29, 1.82) is 0 Å². The van der Waals surface area contributed by atoms with E-state index < -0.39 is 0 Å². The van der Waals surface area contributed by atoms with E-state index in [1.165, 1.54) is 5.56 Å². The van der Waals surface area contributed by atoms with Crippen LogP contribution in [0.2, 0.25) is 0 Å². The first kappa shape index (κ1) is 19.4. The Hall–Kier alpha value is -2.33. The molecule has 1 aliphatic rings. The molecule has 1 heterocycles. The molecule has 0 aromatic heterocycles. The number of ether oxygens (including phenoxy) is 1. The number of hydrogen-bond acceptors (Lipinski definition) is 3. The van der Waals surface area contributed by atoms with Gasteiger partial charge in [0.1, 0.15) is 5.75 Å². The molecule has 2 aromatic carbocycles. The van der Waals surface area contributed by atoms with Gasteiger partial charge in [-0.1, -0.05) is 30.3 Å². The van der Waals surface area contributed by atoms with Crippen LogP contribution in [0.25, 0.3) is 0 Å². The topological polar surface area (TPSA) is 32.8 Å². The van der Waals surface area contributed by atoms with Crippen LogP contribution in [0.15, 0.2) is 54.6 Å². The smallest absolute Gasteiger partial charge is 0.253 e. The molecule has 1 aliphatic heterocycles. The predicted octanol–water partition coefficient (Wildman–Crippen LogP) is 4.07. The van der Waals surface area contributed by atoms with Crippen molar-refractivity contribution < 1.29 is 9.53 Å². The summed E-state index contributed by atoms with van der Waals surface area (Å²) in [5, 5.41) is 0. The highest BCUT2D eigenvalue weighted by Gasteiger charge is 2.23. The Labute approximate surface area is 162 Å². The van der Waals surface area contributed by atoms with Gasteiger partial charge in [0, 0.05) is 25.2 Å². The van der Waals surface area contributed by atoms with Crippen molar-refractivity contribution in [1.82, 2.24) is 9.80 Å². The fraction of sp³-hybridized carbons (Fsp3) is 0.435. The van der Waals surface area contributed by atoms with Crippen LogP contribution in [0, 0.1) is 5.92 Å². The van der Waals surface area contributed by atoms with Crippen molar-refractivity contribution in [2.45, 2.75) is 26.3 Å². The highest BCUT2D eigenvalue weighted by atomic mass is 16.5. The number of methoxy groups -OCH3 is 1. The molecule has 0 unspecified atom stereocenters. The van der Waals surface area contributed by atoms with Gasteiger partial charge in [-0.05, 0) is 68.6 Å². The quantitative estimate of drug-likeness (QED) is 0.740. The number of benzene rings is 2. The van der Waals surface area contributed by atoms with Crippen LogP contribution >= 0.6 is 0 Å². The summed E-state index contributed by atoms with van der Waals surface area (Å²) in [5.74, 6) is 1.48. The van der Waals surface area contributed by atoms with Gasteiger partial charge in [-0.3, -0.25) is 9.69 Å². The molecular weight excluding hydrogens is 336 g/mol. The molecule has 0 N–H and O–H groups in total. The second-order valence-corrected chi connectivity index (χ2v) is 7.28. The van der Waals surface area contributed by atoms with E-state index in [9.17, 15) is 4.79 Å². The second-order valence-electron chi connectivity index (χ2n) is 7.28. The van der Waals surface area contributed by atoms with Crippen LogP contribution < -0.4 is 4.74 Å². The maximum Gasteiger partial charge on any atom is 0.253 e. The Morgan fingerprint density at radius 3 is 2.33 bits per heavy atom. The largest absolute Gasteiger partial charge is 0.497 e. The minimum Gasteiger partial charge on any atom is -0.497 e. The highest BCUT2D eigenvalue weighted by molar-refractivity contribution is 5.94. The maximum absolute atomic E-state index is 12.8. The first-order valence-electron chi connectivity index (χ1n) is 9.89. The van der Waals surface area contributed by atoms with Crippen molar-refractivity contribution in [3.8, 4) is 5.75 Å². The summed E-state index contributed by atoms with van der Waals surface area (Å²) in [5.41, 5.74) is 2.11. The van der Waals surface area contributed by atoms with Crippen molar-refractivity contribution in [3.63, 3.8) is 0 Å². The lowest BCUT2D eigenvalue weighted by Crippen LogP contribution is -2.40. The molecular formula is C23H30N2O2. The van der Waals surface area contributed by atoms with E-state index in [0.717, 1.165) is 56.9 Å². The average Bonchev–Trinajstić information content (AvgIpc) is 2.73. The van der Waals surface area contributed by atoms with E-state index in [0.29, 0.717) is 5.92 Å². The molecule has 4 nitrogen and oxygen atoms in total. The average molecular weight is 367 g/mol. The van der Waals surface area contributed by atoms with Gasteiger partial charge in [-0.15, -0.1) is 0 Å². The van der Waals surface area contributed by atoms with Crippen LogP contribution in [-0.4, -0.2) is 49.0 Å². The van der Waals surface area contributed by atoms with Crippen LogP contribution in [0.3, 0.4) is 0 Å². The Morgan fingerprint density at radius 1 is 1.07 bits per heavy atom. The van der Waals surface area contributed by atoms with Gasteiger partial charge in [0.15, 0.2) is 0 Å². The van der Waals surface area contributed by atoms with Gasteiger partial charge in [0.05, 0.1) is 7.11 Å². The summed E-state index contributed by atoms with van der Waals surface area (Å²) in [4.78, 5) is 17.3. The van der Waals surface area contributed by atoms with Crippen molar-refractivity contribution >= 4 is 5.91 Å². The summed E-state index contributed by atoms with van der Waals surface area (Å²) < 4.78 is 5.18. The molecule has 27 heavy (non-hydrogen) atoms. The molecule has 0 bridgehead atoms. The second kappa shape index (κ2) is 9.56. The van der Waals surface area contributed by atoms with Crippen LogP contribution in [-0.2, 0) is 6.54 Å². The molecule has 2 aromatic rings. The van der Waals surface area contributed by atoms with E-state index in [1.54, 1.807) is 7.11 Å². The number of nitrogens with zero attached hydrogens (tertiary/aromatic N) is 2. The fourth-order valence-electron chi connectivity index (χ4n) is 3.75. The van der Waals surface area contributed by atoms with Crippen LogP contribution in [0.1, 0.15) is 35.7 Å². The third-order valence-electron chi connectivity index (χ3n) is 5.44. The maximum atomic E-state index is 12.8. The van der Waals surface area contributed by atoms with Crippen molar-refractivity contribution in [2.24, 2.45) is 5.92 Å². The van der Waals surface area contributed by atoms with Crippen molar-refractivity contribution in [2.75, 3.05) is 33.3 Å². The Bertz CT molecular complexity index is 707. The lowest BCUT2D eigenvalue weighted by Gasteiger charge is -2.34. The number of amides is 1. The molecule has 1 fully saturated rings. The molecule has 1 amide bonds. The van der Waals surface area contributed by atoms with Gasteiger partial charge in [-0.25, -0.2) is 0 Å². The fourth-order valence-corrected chi connectivity index (χ4v) is 3.75. The zero-order valence-corrected chi connectivity index (χ0v) is 16.4. The summed E-state index contributed by atoms with van der Waals surface area (Å²) in [6.07, 6.45) is 2.30. The predicted molar refractivity (Wildman–Crippen MR) is 109 cm³/mol. The number of hydrogen-bond donors (Lipinski definition) is 0. The zero-order valence-electron chi connectivity index (χ0n) is 16.4. The first-order valence-corrected chi connectivity index (χ1v) is 9.89. The third-order valence-corrected chi connectivity index (χ3v) is 5.44. The lowest BCUT2D eigenvalue weighted by atomic mass is 9.95. The minimum atomic E-state index is 0.117. The molecule has 0 radical (unpaired) electrons. The van der Waals surface area contributed by atoms with Gasteiger partial charge >= 0.3 is 0 Å². The number of likely N-dealkylation sites (tertiary alicyclic amines) is 1. The third kappa shape index (κ3) is 5.33. The number of carbonyl (C=O) groups excluding carboxylic acids is 1. The highest BCUT2D eigenvalue weighted by Crippen LogP contribution is 2.21. The molecule has 0 spiro atoms. The molecule has 4 heteroatoms. The first-order chi connectivity index (χ1) is 13.2. The molecule has 0 atom stereocenters. The van der Waals surface area contributed by atoms with Gasteiger partial charge in [0.2, 0.25) is 0 Å². The number of carbonyl (C=O) groups is 1. The summed E-state index contributed by atoms with van der Waals surface area (Å²) in [7, 11) is 1.64. The molecule has 3 rings (SSSR count). The van der Waals surface area contributed by atoms with E-state index in [4.69, 9.17) is 4.74 Å². The molecule has 1 saturated heterocycles. The van der Waals surface area contributed by atoms with E-state index >= 15 is 0 Å². The standard InChI is InChI=1S/C23H30N2O2/c1-3-25(23(26)21-9-11-22(27-2)12-10-21)18-20-13-15-24(16-14-20)17-19-7-5-4-6-8-19/h4-12,20H,3,13-18H2,1-2H3. The Morgan fingerprint density at radius 2 is 1.74 bits per heavy atom. The summed E-state index contributed by atoms with van der Waals surface area (Å²) in [6, 6.07) is 18.1. The van der Waals surface area contributed by atoms with Gasteiger partial charge in [0.25, 0.3) is 5.91 Å². The van der Waals surface area contributed by atoms with E-state index in [-0.39, 0.29) is 5.91 Å². The monoisotopic (exact) mass is 366 g/mol. The summed E-state index contributed by atoms with van der Waals surface area (Å²) >= 11 is 0. The van der Waals surface area contributed by atoms with Crippen LogP contribution in [0.4, 0.5) is 0 Å². The van der Waals surface area contributed by atoms with Gasteiger partial charge in [-0.2, -0.15) is 0 Å². The Balaban J connectivity index is 1.50. The molecule has 0 saturated carbocycles. The van der Waals surface area contributed by atoms with Crippen LogP contribution in [0.5, 0.6) is 5.75 Å². The molecule has 144 valence electrons. The van der Waals surface area contributed by atoms with Crippen molar-refractivity contribution in [3.05, 3.63) is 65.7 Å². The lowest BCUT2D eigenvalue weighted by molar-refractivity contribution is 0.0698. The SMILES string of the molecule is CCN(CC1CCN(Cc2ccccc2)CC1)C(=O)c1ccc(OC)cc1. The number of piperidine rings is 1.